The van der Waals surface area contributed by atoms with Gasteiger partial charge in [-0.15, -0.1) is 12.6 Å². The van der Waals surface area contributed by atoms with Gasteiger partial charge in [-0.2, -0.15) is 0 Å². The topological polar surface area (TPSA) is 0 Å². The molecule has 0 aliphatic carbocycles. The van der Waals surface area contributed by atoms with Gasteiger partial charge in [0.15, 0.2) is 0 Å². The van der Waals surface area contributed by atoms with Gasteiger partial charge in [-0.05, 0) is 55.0 Å². The highest BCUT2D eigenvalue weighted by molar-refractivity contribution is 7.80. The third kappa shape index (κ3) is 3.41. The van der Waals surface area contributed by atoms with Crippen LogP contribution in [0.3, 0.4) is 0 Å². The van der Waals surface area contributed by atoms with Crippen molar-refractivity contribution in [1.82, 2.24) is 0 Å². The standard InChI is InChI=1S/C15H22S/c1-5-11(3)9-13(6-2)15-10-14(16)8-7-12(15)4/h6-8,10-11,16H,5,9H2,1-4H3/b13-6+. The van der Waals surface area contributed by atoms with Crippen LogP contribution in [0.2, 0.25) is 0 Å². The number of thiol groups is 1. The molecule has 0 aliphatic rings. The molecule has 0 nitrogen and oxygen atoms in total. The lowest BCUT2D eigenvalue weighted by Crippen LogP contribution is -1.97. The molecule has 0 heterocycles. The summed E-state index contributed by atoms with van der Waals surface area (Å²) in [7, 11) is 0. The van der Waals surface area contributed by atoms with E-state index in [9.17, 15) is 0 Å². The molecule has 1 heteroatoms. The molecular formula is C15H22S. The second-order valence-electron chi connectivity index (χ2n) is 4.53. The molecule has 0 aliphatic heterocycles. The predicted octanol–water partition coefficient (Wildman–Crippen LogP) is 5.12. The van der Waals surface area contributed by atoms with E-state index in [1.165, 1.54) is 23.1 Å². The zero-order chi connectivity index (χ0) is 12.1. The van der Waals surface area contributed by atoms with Gasteiger partial charge in [0.1, 0.15) is 0 Å². The average molecular weight is 234 g/mol. The number of allylic oxidation sites excluding steroid dienone is 2. The molecule has 1 atom stereocenters. The Hall–Kier alpha value is -0.690. The van der Waals surface area contributed by atoms with E-state index in [-0.39, 0.29) is 0 Å². The molecule has 16 heavy (non-hydrogen) atoms. The molecule has 0 saturated heterocycles. The summed E-state index contributed by atoms with van der Waals surface area (Å²) in [5.41, 5.74) is 4.15. The van der Waals surface area contributed by atoms with E-state index in [0.29, 0.717) is 0 Å². The van der Waals surface area contributed by atoms with Crippen LogP contribution in [0.1, 0.15) is 44.7 Å². The molecule has 1 aromatic carbocycles. The second kappa shape index (κ2) is 6.15. The normalized spacial score (nSPS) is 13.9. The van der Waals surface area contributed by atoms with E-state index in [2.05, 4.69) is 64.6 Å². The number of hydrogen-bond acceptors (Lipinski definition) is 1. The highest BCUT2D eigenvalue weighted by atomic mass is 32.1. The van der Waals surface area contributed by atoms with E-state index in [0.717, 1.165) is 17.2 Å². The Kier molecular flexibility index (Phi) is 5.14. The van der Waals surface area contributed by atoms with Crippen LogP contribution >= 0.6 is 12.6 Å². The van der Waals surface area contributed by atoms with Gasteiger partial charge in [0.2, 0.25) is 0 Å². The Morgan fingerprint density at radius 3 is 2.69 bits per heavy atom. The summed E-state index contributed by atoms with van der Waals surface area (Å²) < 4.78 is 0. The van der Waals surface area contributed by atoms with Gasteiger partial charge in [-0.3, -0.25) is 0 Å². The molecule has 0 fully saturated rings. The molecular weight excluding hydrogens is 212 g/mol. The lowest BCUT2D eigenvalue weighted by molar-refractivity contribution is 0.579. The van der Waals surface area contributed by atoms with Crippen LogP contribution in [0, 0.1) is 12.8 Å². The van der Waals surface area contributed by atoms with E-state index < -0.39 is 0 Å². The molecule has 0 radical (unpaired) electrons. The van der Waals surface area contributed by atoms with Crippen LogP contribution in [-0.4, -0.2) is 0 Å². The highest BCUT2D eigenvalue weighted by Gasteiger charge is 2.08. The zero-order valence-electron chi connectivity index (χ0n) is 10.7. The number of hydrogen-bond donors (Lipinski definition) is 1. The van der Waals surface area contributed by atoms with Gasteiger partial charge < -0.3 is 0 Å². The van der Waals surface area contributed by atoms with Crippen LogP contribution in [0.15, 0.2) is 29.2 Å². The zero-order valence-corrected chi connectivity index (χ0v) is 11.6. The van der Waals surface area contributed by atoms with Gasteiger partial charge >= 0.3 is 0 Å². The Morgan fingerprint density at radius 1 is 1.44 bits per heavy atom. The van der Waals surface area contributed by atoms with E-state index in [1.807, 2.05) is 0 Å². The third-order valence-electron chi connectivity index (χ3n) is 3.18. The summed E-state index contributed by atoms with van der Waals surface area (Å²) >= 11 is 4.42. The predicted molar refractivity (Wildman–Crippen MR) is 76.2 cm³/mol. The minimum Gasteiger partial charge on any atom is -0.143 e. The summed E-state index contributed by atoms with van der Waals surface area (Å²) in [5.74, 6) is 0.745. The maximum atomic E-state index is 4.42. The Morgan fingerprint density at radius 2 is 2.12 bits per heavy atom. The van der Waals surface area contributed by atoms with Crippen molar-refractivity contribution < 1.29 is 0 Å². The van der Waals surface area contributed by atoms with Crippen molar-refractivity contribution >= 4 is 18.2 Å². The summed E-state index contributed by atoms with van der Waals surface area (Å²) in [5, 5.41) is 0. The van der Waals surface area contributed by atoms with Crippen molar-refractivity contribution in [3.05, 3.63) is 35.4 Å². The summed E-state index contributed by atoms with van der Waals surface area (Å²) in [6.45, 7) is 8.86. The van der Waals surface area contributed by atoms with E-state index >= 15 is 0 Å². The first-order valence-electron chi connectivity index (χ1n) is 6.03. The molecule has 88 valence electrons. The van der Waals surface area contributed by atoms with Crippen molar-refractivity contribution in [1.29, 1.82) is 0 Å². The van der Waals surface area contributed by atoms with Crippen molar-refractivity contribution in [3.8, 4) is 0 Å². The average Bonchev–Trinajstić information content (AvgIpc) is 2.29. The summed E-state index contributed by atoms with van der Waals surface area (Å²) in [6.07, 6.45) is 4.63. The quantitative estimate of drug-likeness (QED) is 0.687. The fourth-order valence-electron chi connectivity index (χ4n) is 1.86. The number of rotatable bonds is 4. The third-order valence-corrected chi connectivity index (χ3v) is 3.46. The van der Waals surface area contributed by atoms with Gasteiger partial charge in [0.25, 0.3) is 0 Å². The lowest BCUT2D eigenvalue weighted by atomic mass is 9.91. The molecule has 0 amide bonds. The van der Waals surface area contributed by atoms with Crippen LogP contribution in [0.4, 0.5) is 0 Å². The molecule has 0 aromatic heterocycles. The minimum atomic E-state index is 0.745. The van der Waals surface area contributed by atoms with Crippen molar-refractivity contribution in [3.63, 3.8) is 0 Å². The molecule has 0 saturated carbocycles. The van der Waals surface area contributed by atoms with Gasteiger partial charge in [-0.1, -0.05) is 32.4 Å². The summed E-state index contributed by atoms with van der Waals surface area (Å²) in [4.78, 5) is 1.05. The fourth-order valence-corrected chi connectivity index (χ4v) is 2.06. The van der Waals surface area contributed by atoms with Crippen molar-refractivity contribution in [2.45, 2.75) is 45.4 Å². The minimum absolute atomic E-state index is 0.745. The smallest absolute Gasteiger partial charge is 0.00462 e. The van der Waals surface area contributed by atoms with Crippen LogP contribution in [-0.2, 0) is 0 Å². The van der Waals surface area contributed by atoms with Gasteiger partial charge in [0, 0.05) is 4.90 Å². The fraction of sp³-hybridized carbons (Fsp3) is 0.467. The van der Waals surface area contributed by atoms with Crippen molar-refractivity contribution in [2.75, 3.05) is 0 Å². The summed E-state index contributed by atoms with van der Waals surface area (Å²) in [6, 6.07) is 6.38. The first-order valence-corrected chi connectivity index (χ1v) is 6.48. The number of aryl methyl sites for hydroxylation is 1. The first-order chi connectivity index (χ1) is 7.58. The monoisotopic (exact) mass is 234 g/mol. The molecule has 1 unspecified atom stereocenters. The highest BCUT2D eigenvalue weighted by Crippen LogP contribution is 2.28. The van der Waals surface area contributed by atoms with E-state index in [1.54, 1.807) is 0 Å². The Labute approximate surface area is 105 Å². The lowest BCUT2D eigenvalue weighted by Gasteiger charge is -2.15. The van der Waals surface area contributed by atoms with Crippen LogP contribution < -0.4 is 0 Å². The molecule has 0 spiro atoms. The Bertz CT molecular complexity index is 377. The van der Waals surface area contributed by atoms with Crippen LogP contribution in [0.25, 0.3) is 5.57 Å². The molecule has 0 N–H and O–H groups in total. The Balaban J connectivity index is 3.00. The molecule has 1 aromatic rings. The number of benzene rings is 1. The largest absolute Gasteiger partial charge is 0.143 e. The maximum absolute atomic E-state index is 4.42. The maximum Gasteiger partial charge on any atom is 0.00462 e. The van der Waals surface area contributed by atoms with Gasteiger partial charge in [0.05, 0.1) is 0 Å². The first kappa shape index (κ1) is 13.4. The molecule has 0 bridgehead atoms. The SMILES string of the molecule is C/C=C(\CC(C)CC)c1cc(S)ccc1C. The van der Waals surface area contributed by atoms with Crippen molar-refractivity contribution in [2.24, 2.45) is 5.92 Å². The van der Waals surface area contributed by atoms with Gasteiger partial charge in [-0.25, -0.2) is 0 Å². The second-order valence-corrected chi connectivity index (χ2v) is 5.05. The molecule has 1 rings (SSSR count). The van der Waals surface area contributed by atoms with E-state index in [4.69, 9.17) is 0 Å². The van der Waals surface area contributed by atoms with Crippen LogP contribution in [0.5, 0.6) is 0 Å².